The lowest BCUT2D eigenvalue weighted by Crippen LogP contribution is -2.39. The van der Waals surface area contributed by atoms with Gasteiger partial charge in [-0.1, -0.05) is 23.4 Å². The van der Waals surface area contributed by atoms with E-state index in [4.69, 9.17) is 10.3 Å². The molecule has 3 N–H and O–H groups in total. The molecule has 33 heavy (non-hydrogen) atoms. The second-order valence-electron chi connectivity index (χ2n) is 8.57. The summed E-state index contributed by atoms with van der Waals surface area (Å²) in [7, 11) is 0. The number of Topliss-reactive ketones (excluding diaryl/α,β-unsaturated/α-hetero) is 1. The van der Waals surface area contributed by atoms with E-state index in [1.54, 1.807) is 35.0 Å². The summed E-state index contributed by atoms with van der Waals surface area (Å²) in [5.74, 6) is -0.243. The highest BCUT2D eigenvalue weighted by Gasteiger charge is 2.20. The van der Waals surface area contributed by atoms with Crippen LogP contribution in [0.15, 0.2) is 53.4 Å². The maximum atomic E-state index is 14.2. The Morgan fingerprint density at radius 1 is 1.21 bits per heavy atom. The zero-order chi connectivity index (χ0) is 23.6. The van der Waals surface area contributed by atoms with Crippen LogP contribution >= 0.6 is 0 Å². The number of aromatic nitrogens is 5. The highest BCUT2D eigenvalue weighted by Crippen LogP contribution is 2.25. The van der Waals surface area contributed by atoms with Crippen molar-refractivity contribution in [2.45, 2.75) is 32.9 Å². The Balaban J connectivity index is 1.66. The third-order valence-electron chi connectivity index (χ3n) is 4.89. The summed E-state index contributed by atoms with van der Waals surface area (Å²) in [6.07, 6.45) is 2.84. The first-order valence-corrected chi connectivity index (χ1v) is 10.3. The largest absolute Gasteiger partial charge is 0.383 e. The van der Waals surface area contributed by atoms with E-state index < -0.39 is 0 Å². The second kappa shape index (κ2) is 8.91. The van der Waals surface area contributed by atoms with Gasteiger partial charge in [-0.3, -0.25) is 9.48 Å². The number of carbonyl (C=O) groups is 1. The van der Waals surface area contributed by atoms with E-state index in [2.05, 4.69) is 25.5 Å². The smallest absolute Gasteiger partial charge is 0.182 e. The van der Waals surface area contributed by atoms with Crippen molar-refractivity contribution in [1.29, 1.82) is 0 Å². The third kappa shape index (κ3) is 5.12. The maximum Gasteiger partial charge on any atom is 0.182 e. The lowest BCUT2D eigenvalue weighted by Gasteiger charge is -2.19. The molecule has 10 heteroatoms. The van der Waals surface area contributed by atoms with Crippen molar-refractivity contribution < 1.29 is 13.7 Å². The summed E-state index contributed by atoms with van der Waals surface area (Å²) < 4.78 is 20.8. The van der Waals surface area contributed by atoms with Crippen LogP contribution in [0.5, 0.6) is 0 Å². The van der Waals surface area contributed by atoms with Gasteiger partial charge < -0.3 is 15.6 Å². The molecule has 9 nitrogen and oxygen atoms in total. The minimum Gasteiger partial charge on any atom is -0.383 e. The van der Waals surface area contributed by atoms with Gasteiger partial charge in [0.2, 0.25) is 0 Å². The van der Waals surface area contributed by atoms with Gasteiger partial charge in [-0.15, -0.1) is 0 Å². The zero-order valence-corrected chi connectivity index (χ0v) is 18.5. The van der Waals surface area contributed by atoms with E-state index in [9.17, 15) is 9.18 Å². The number of benzene rings is 1. The average molecular weight is 449 g/mol. The predicted octanol–water partition coefficient (Wildman–Crippen LogP) is 3.34. The molecule has 4 aromatic rings. The Kier molecular flexibility index (Phi) is 6.01. The SMILES string of the molecule is CC(C)(C)NCC(=O)c1cnc(-c2cc(-c3ccon3)n(Cc3ccccc3F)n2)nc1N. The zero-order valence-electron chi connectivity index (χ0n) is 18.5. The number of nitrogens with one attached hydrogen (secondary N) is 1. The normalized spacial score (nSPS) is 11.6. The lowest BCUT2D eigenvalue weighted by atomic mass is 10.1. The fourth-order valence-corrected chi connectivity index (χ4v) is 3.16. The molecule has 170 valence electrons. The van der Waals surface area contributed by atoms with E-state index in [-0.39, 0.29) is 47.4 Å². The van der Waals surface area contributed by atoms with Gasteiger partial charge in [0.25, 0.3) is 0 Å². The molecule has 0 amide bonds. The first-order valence-electron chi connectivity index (χ1n) is 10.3. The molecule has 3 heterocycles. The van der Waals surface area contributed by atoms with Crippen LogP contribution in [0.25, 0.3) is 22.9 Å². The summed E-state index contributed by atoms with van der Waals surface area (Å²) in [6.45, 7) is 6.18. The molecule has 0 aliphatic rings. The van der Waals surface area contributed by atoms with Crippen LogP contribution in [0.1, 0.15) is 36.7 Å². The molecule has 0 saturated carbocycles. The predicted molar refractivity (Wildman–Crippen MR) is 121 cm³/mol. The van der Waals surface area contributed by atoms with Crippen LogP contribution in [-0.2, 0) is 6.54 Å². The Labute approximate surface area is 189 Å². The van der Waals surface area contributed by atoms with Crippen molar-refractivity contribution in [3.8, 4) is 22.9 Å². The molecule has 0 aliphatic heterocycles. The molecule has 0 saturated heterocycles. The van der Waals surface area contributed by atoms with Gasteiger partial charge in [0.15, 0.2) is 11.6 Å². The molecular weight excluding hydrogens is 425 g/mol. The van der Waals surface area contributed by atoms with Gasteiger partial charge in [0.05, 0.1) is 24.3 Å². The molecule has 1 aromatic carbocycles. The van der Waals surface area contributed by atoms with Crippen molar-refractivity contribution in [1.82, 2.24) is 30.2 Å². The number of carbonyl (C=O) groups excluding carboxylic acids is 1. The number of hydrogen-bond donors (Lipinski definition) is 2. The quantitative estimate of drug-likeness (QED) is 0.412. The van der Waals surface area contributed by atoms with E-state index in [1.807, 2.05) is 20.8 Å². The number of nitrogens with two attached hydrogens (primary N) is 1. The standard InChI is InChI=1S/C23H24FN7O2/c1-23(2,3)27-12-20(32)15-11-26-22(28-21(15)25)18-10-19(17-8-9-33-30-17)31(29-18)13-14-6-4-5-7-16(14)24/h4-11,27H,12-13H2,1-3H3,(H2,25,26,28). The number of rotatable bonds is 7. The van der Waals surface area contributed by atoms with E-state index >= 15 is 0 Å². The molecular formula is C23H24FN7O2. The lowest BCUT2D eigenvalue weighted by molar-refractivity contribution is 0.0982. The van der Waals surface area contributed by atoms with Crippen molar-refractivity contribution in [3.63, 3.8) is 0 Å². The Morgan fingerprint density at radius 3 is 2.67 bits per heavy atom. The maximum absolute atomic E-state index is 14.2. The number of halogens is 1. The number of nitrogens with zero attached hydrogens (tertiary/aromatic N) is 5. The van der Waals surface area contributed by atoms with Crippen molar-refractivity contribution in [2.75, 3.05) is 12.3 Å². The van der Waals surface area contributed by atoms with Crippen LogP contribution in [-0.4, -0.2) is 42.8 Å². The van der Waals surface area contributed by atoms with Crippen LogP contribution in [0, 0.1) is 5.82 Å². The van der Waals surface area contributed by atoms with Crippen molar-refractivity contribution in [2.24, 2.45) is 0 Å². The fourth-order valence-electron chi connectivity index (χ4n) is 3.16. The van der Waals surface area contributed by atoms with Crippen LogP contribution in [0.4, 0.5) is 10.2 Å². The molecule has 4 rings (SSSR count). The van der Waals surface area contributed by atoms with Gasteiger partial charge in [-0.2, -0.15) is 5.10 Å². The molecule has 0 aliphatic carbocycles. The van der Waals surface area contributed by atoms with Gasteiger partial charge in [0, 0.05) is 23.4 Å². The number of nitrogen functional groups attached to an aromatic ring is 1. The summed E-state index contributed by atoms with van der Waals surface area (Å²) in [5.41, 5.74) is 8.08. The molecule has 0 bridgehead atoms. The molecule has 3 aromatic heterocycles. The van der Waals surface area contributed by atoms with Gasteiger partial charge in [-0.05, 0) is 32.9 Å². The van der Waals surface area contributed by atoms with E-state index in [0.29, 0.717) is 22.6 Å². The average Bonchev–Trinajstić information content (AvgIpc) is 3.43. The van der Waals surface area contributed by atoms with Crippen molar-refractivity contribution >= 4 is 11.6 Å². The Bertz CT molecular complexity index is 1280. The van der Waals surface area contributed by atoms with Crippen LogP contribution in [0.2, 0.25) is 0 Å². The summed E-state index contributed by atoms with van der Waals surface area (Å²) in [5, 5.41) is 11.6. The minimum atomic E-state index is -0.340. The first kappa shape index (κ1) is 22.3. The summed E-state index contributed by atoms with van der Waals surface area (Å²) in [6, 6.07) is 9.86. The number of hydrogen-bond acceptors (Lipinski definition) is 8. The number of anilines is 1. The minimum absolute atomic E-state index is 0.0624. The van der Waals surface area contributed by atoms with Crippen LogP contribution < -0.4 is 11.1 Å². The van der Waals surface area contributed by atoms with E-state index in [1.165, 1.54) is 18.5 Å². The molecule has 0 spiro atoms. The monoisotopic (exact) mass is 449 g/mol. The van der Waals surface area contributed by atoms with Gasteiger partial charge >= 0.3 is 0 Å². The highest BCUT2D eigenvalue weighted by molar-refractivity contribution is 6.01. The molecule has 0 unspecified atom stereocenters. The summed E-state index contributed by atoms with van der Waals surface area (Å²) >= 11 is 0. The van der Waals surface area contributed by atoms with Crippen molar-refractivity contribution in [3.05, 3.63) is 65.8 Å². The Morgan fingerprint density at radius 2 is 2.00 bits per heavy atom. The van der Waals surface area contributed by atoms with Gasteiger partial charge in [0.1, 0.15) is 29.3 Å². The second-order valence-corrected chi connectivity index (χ2v) is 8.57. The summed E-state index contributed by atoms with van der Waals surface area (Å²) in [4.78, 5) is 21.1. The number of ketones is 1. The van der Waals surface area contributed by atoms with Crippen LogP contribution in [0.3, 0.4) is 0 Å². The van der Waals surface area contributed by atoms with Gasteiger partial charge in [-0.25, -0.2) is 14.4 Å². The Hall–Kier alpha value is -3.92. The fraction of sp³-hybridized carbons (Fsp3) is 0.261. The topological polar surface area (TPSA) is 125 Å². The highest BCUT2D eigenvalue weighted by atomic mass is 19.1. The molecule has 0 atom stereocenters. The first-order chi connectivity index (χ1) is 15.7. The molecule has 0 radical (unpaired) electrons. The van der Waals surface area contributed by atoms with E-state index in [0.717, 1.165) is 0 Å². The molecule has 0 fully saturated rings. The third-order valence-corrected chi connectivity index (χ3v) is 4.89.